The average molecular weight is 330 g/mol. The number of thioether (sulfide) groups is 1. The minimum absolute atomic E-state index is 0.0570. The van der Waals surface area contributed by atoms with Gasteiger partial charge in [0.25, 0.3) is 5.91 Å². The summed E-state index contributed by atoms with van der Waals surface area (Å²) >= 11 is 1.47. The van der Waals surface area contributed by atoms with Gasteiger partial charge in [0.15, 0.2) is 11.5 Å². The maximum absolute atomic E-state index is 12.0. The van der Waals surface area contributed by atoms with Crippen LogP contribution < -0.4 is 10.2 Å². The molecule has 0 aliphatic carbocycles. The van der Waals surface area contributed by atoms with E-state index in [1.54, 1.807) is 12.1 Å². The first-order chi connectivity index (χ1) is 11.1. The average Bonchev–Trinajstić information content (AvgIpc) is 2.57. The fourth-order valence-electron chi connectivity index (χ4n) is 1.79. The SMILES string of the molecule is COc1cc(/C=N/NC(=O)[C@H](C)Sc2ccccc2)ccc1O. The molecule has 0 saturated carbocycles. The van der Waals surface area contributed by atoms with Crippen molar-refractivity contribution in [2.75, 3.05) is 7.11 Å². The molecule has 2 N–H and O–H groups in total. The third-order valence-electron chi connectivity index (χ3n) is 3.02. The third-order valence-corrected chi connectivity index (χ3v) is 4.13. The summed E-state index contributed by atoms with van der Waals surface area (Å²) < 4.78 is 5.02. The molecule has 0 aliphatic rings. The highest BCUT2D eigenvalue weighted by Crippen LogP contribution is 2.25. The molecule has 0 spiro atoms. The number of benzene rings is 2. The Balaban J connectivity index is 1.90. The van der Waals surface area contributed by atoms with Crippen LogP contribution in [0.4, 0.5) is 0 Å². The quantitative estimate of drug-likeness (QED) is 0.485. The Bertz CT molecular complexity index is 689. The maximum atomic E-state index is 12.0. The van der Waals surface area contributed by atoms with Gasteiger partial charge < -0.3 is 9.84 Å². The number of aromatic hydroxyl groups is 1. The number of nitrogens with zero attached hydrogens (tertiary/aromatic N) is 1. The minimum Gasteiger partial charge on any atom is -0.504 e. The Kier molecular flexibility index (Phi) is 6.05. The fourth-order valence-corrected chi connectivity index (χ4v) is 2.67. The molecule has 5 nitrogen and oxygen atoms in total. The molecule has 2 rings (SSSR count). The van der Waals surface area contributed by atoms with Crippen molar-refractivity contribution in [3.63, 3.8) is 0 Å². The van der Waals surface area contributed by atoms with Crippen molar-refractivity contribution in [2.24, 2.45) is 5.10 Å². The summed E-state index contributed by atoms with van der Waals surface area (Å²) in [5.74, 6) is 0.232. The summed E-state index contributed by atoms with van der Waals surface area (Å²) in [4.78, 5) is 13.0. The number of hydrogen-bond acceptors (Lipinski definition) is 5. The molecule has 0 saturated heterocycles. The maximum Gasteiger partial charge on any atom is 0.253 e. The van der Waals surface area contributed by atoms with E-state index in [0.717, 1.165) is 4.90 Å². The lowest BCUT2D eigenvalue weighted by Gasteiger charge is -2.09. The van der Waals surface area contributed by atoms with E-state index in [4.69, 9.17) is 4.74 Å². The minimum atomic E-state index is -0.260. The van der Waals surface area contributed by atoms with E-state index in [1.807, 2.05) is 37.3 Å². The Morgan fingerprint density at radius 1 is 1.30 bits per heavy atom. The van der Waals surface area contributed by atoms with E-state index in [9.17, 15) is 9.90 Å². The zero-order valence-electron chi connectivity index (χ0n) is 12.9. The number of carbonyl (C=O) groups excluding carboxylic acids is 1. The molecule has 0 bridgehead atoms. The normalized spacial score (nSPS) is 12.1. The molecule has 2 aromatic rings. The molecule has 1 amide bonds. The number of amides is 1. The molecule has 0 unspecified atom stereocenters. The van der Waals surface area contributed by atoms with E-state index in [2.05, 4.69) is 10.5 Å². The zero-order chi connectivity index (χ0) is 16.7. The Morgan fingerprint density at radius 3 is 2.74 bits per heavy atom. The smallest absolute Gasteiger partial charge is 0.253 e. The lowest BCUT2D eigenvalue weighted by Crippen LogP contribution is -2.26. The molecular formula is C17H18N2O3S. The summed E-state index contributed by atoms with van der Waals surface area (Å²) in [7, 11) is 1.47. The number of rotatable bonds is 6. The van der Waals surface area contributed by atoms with Gasteiger partial charge >= 0.3 is 0 Å². The number of nitrogens with one attached hydrogen (secondary N) is 1. The molecule has 120 valence electrons. The monoisotopic (exact) mass is 330 g/mol. The van der Waals surface area contributed by atoms with Gasteiger partial charge in [-0.3, -0.25) is 4.79 Å². The largest absolute Gasteiger partial charge is 0.504 e. The van der Waals surface area contributed by atoms with Crippen LogP contribution in [-0.2, 0) is 4.79 Å². The van der Waals surface area contributed by atoms with Crippen molar-refractivity contribution in [3.8, 4) is 11.5 Å². The van der Waals surface area contributed by atoms with Gasteiger partial charge in [0.2, 0.25) is 0 Å². The van der Waals surface area contributed by atoms with Crippen LogP contribution in [0, 0.1) is 0 Å². The summed E-state index contributed by atoms with van der Waals surface area (Å²) in [6, 6.07) is 14.5. The zero-order valence-corrected chi connectivity index (χ0v) is 13.7. The predicted octanol–water partition coefficient (Wildman–Crippen LogP) is 3.03. The second kappa shape index (κ2) is 8.24. The molecule has 23 heavy (non-hydrogen) atoms. The molecule has 6 heteroatoms. The second-order valence-electron chi connectivity index (χ2n) is 4.74. The van der Waals surface area contributed by atoms with Crippen LogP contribution in [0.5, 0.6) is 11.5 Å². The number of carbonyl (C=O) groups is 1. The van der Waals surface area contributed by atoms with Crippen molar-refractivity contribution in [2.45, 2.75) is 17.1 Å². The highest BCUT2D eigenvalue weighted by molar-refractivity contribution is 8.00. The molecular weight excluding hydrogens is 312 g/mol. The van der Waals surface area contributed by atoms with Gasteiger partial charge in [0.05, 0.1) is 18.6 Å². The van der Waals surface area contributed by atoms with Gasteiger partial charge in [0, 0.05) is 4.90 Å². The predicted molar refractivity (Wildman–Crippen MR) is 92.2 cm³/mol. The van der Waals surface area contributed by atoms with Crippen molar-refractivity contribution in [3.05, 3.63) is 54.1 Å². The number of phenols is 1. The van der Waals surface area contributed by atoms with Crippen LogP contribution in [0.2, 0.25) is 0 Å². The Morgan fingerprint density at radius 2 is 2.04 bits per heavy atom. The summed E-state index contributed by atoms with van der Waals surface area (Å²) in [6.45, 7) is 1.83. The van der Waals surface area contributed by atoms with E-state index in [1.165, 1.54) is 31.2 Å². The molecule has 0 fully saturated rings. The van der Waals surface area contributed by atoms with Crippen molar-refractivity contribution in [1.29, 1.82) is 0 Å². The van der Waals surface area contributed by atoms with E-state index < -0.39 is 0 Å². The first-order valence-electron chi connectivity index (χ1n) is 7.02. The van der Waals surface area contributed by atoms with Crippen LogP contribution in [0.3, 0.4) is 0 Å². The molecule has 1 atom stereocenters. The second-order valence-corrected chi connectivity index (χ2v) is 6.15. The van der Waals surface area contributed by atoms with Gasteiger partial charge in [-0.1, -0.05) is 18.2 Å². The van der Waals surface area contributed by atoms with Crippen molar-refractivity contribution < 1.29 is 14.6 Å². The Hall–Kier alpha value is -2.47. The van der Waals surface area contributed by atoms with Gasteiger partial charge in [0.1, 0.15) is 0 Å². The van der Waals surface area contributed by atoms with Gasteiger partial charge in [-0.25, -0.2) is 5.43 Å². The summed E-state index contributed by atoms with van der Waals surface area (Å²) in [6.07, 6.45) is 1.50. The standard InChI is InChI=1S/C17H18N2O3S/c1-12(23-14-6-4-3-5-7-14)17(21)19-18-11-13-8-9-15(20)16(10-13)22-2/h3-12,20H,1-2H3,(H,19,21)/b18-11+/t12-/m0/s1. The summed E-state index contributed by atoms with van der Waals surface area (Å²) in [5, 5.41) is 13.2. The first kappa shape index (κ1) is 16.9. The van der Waals surface area contributed by atoms with Gasteiger partial charge in [-0.2, -0.15) is 5.10 Å². The van der Waals surface area contributed by atoms with Crippen LogP contribution in [0.15, 0.2) is 58.5 Å². The highest BCUT2D eigenvalue weighted by Gasteiger charge is 2.13. The highest BCUT2D eigenvalue weighted by atomic mass is 32.2. The van der Waals surface area contributed by atoms with Crippen LogP contribution in [0.25, 0.3) is 0 Å². The van der Waals surface area contributed by atoms with Crippen molar-refractivity contribution >= 4 is 23.9 Å². The number of phenolic OH excluding ortho intramolecular Hbond substituents is 1. The molecule has 0 heterocycles. The molecule has 2 aromatic carbocycles. The van der Waals surface area contributed by atoms with Crippen LogP contribution >= 0.6 is 11.8 Å². The van der Waals surface area contributed by atoms with E-state index >= 15 is 0 Å². The van der Waals surface area contributed by atoms with Crippen LogP contribution in [0.1, 0.15) is 12.5 Å². The molecule has 0 aromatic heterocycles. The Labute approximate surface area is 139 Å². The van der Waals surface area contributed by atoms with Gasteiger partial charge in [-0.15, -0.1) is 11.8 Å². The topological polar surface area (TPSA) is 70.9 Å². The first-order valence-corrected chi connectivity index (χ1v) is 7.89. The van der Waals surface area contributed by atoms with E-state index in [0.29, 0.717) is 11.3 Å². The number of hydrogen-bond donors (Lipinski definition) is 2. The van der Waals surface area contributed by atoms with Gasteiger partial charge in [-0.05, 0) is 42.8 Å². The molecule has 0 aliphatic heterocycles. The lowest BCUT2D eigenvalue weighted by molar-refractivity contribution is -0.120. The molecule has 0 radical (unpaired) electrons. The number of methoxy groups -OCH3 is 1. The fraction of sp³-hybridized carbons (Fsp3) is 0.176. The van der Waals surface area contributed by atoms with E-state index in [-0.39, 0.29) is 16.9 Å². The third kappa shape index (κ3) is 5.03. The number of hydrazone groups is 1. The lowest BCUT2D eigenvalue weighted by atomic mass is 10.2. The van der Waals surface area contributed by atoms with Crippen LogP contribution in [-0.4, -0.2) is 29.6 Å². The summed E-state index contributed by atoms with van der Waals surface area (Å²) in [5.41, 5.74) is 3.22. The van der Waals surface area contributed by atoms with Crippen molar-refractivity contribution in [1.82, 2.24) is 5.43 Å². The number of ether oxygens (including phenoxy) is 1.